The second-order valence-electron chi connectivity index (χ2n) is 6.76. The highest BCUT2D eigenvalue weighted by molar-refractivity contribution is 5.92. The Kier molecular flexibility index (Phi) is 4.24. The van der Waals surface area contributed by atoms with Crippen molar-refractivity contribution in [3.63, 3.8) is 0 Å². The molecule has 0 radical (unpaired) electrons. The van der Waals surface area contributed by atoms with Crippen molar-refractivity contribution in [2.75, 3.05) is 5.32 Å². The van der Waals surface area contributed by atoms with Crippen LogP contribution in [0.25, 0.3) is 17.2 Å². The fourth-order valence-electron chi connectivity index (χ4n) is 3.19. The topological polar surface area (TPSA) is 72.4 Å². The monoisotopic (exact) mass is 360 g/mol. The van der Waals surface area contributed by atoms with Crippen molar-refractivity contribution in [1.29, 1.82) is 0 Å². The maximum Gasteiger partial charge on any atom is 0.246 e. The molecule has 0 saturated carbocycles. The van der Waals surface area contributed by atoms with E-state index in [2.05, 4.69) is 21.5 Å². The van der Waals surface area contributed by atoms with Gasteiger partial charge >= 0.3 is 0 Å². The molecule has 0 aliphatic heterocycles. The van der Waals surface area contributed by atoms with Gasteiger partial charge < -0.3 is 9.73 Å². The number of carbonyl (C=O) groups excluding carboxylic acids is 1. The highest BCUT2D eigenvalue weighted by atomic mass is 16.4. The zero-order valence-electron chi connectivity index (χ0n) is 15.5. The molecule has 27 heavy (non-hydrogen) atoms. The normalized spacial score (nSPS) is 11.1. The van der Waals surface area contributed by atoms with Crippen LogP contribution in [-0.2, 0) is 11.2 Å². The van der Waals surface area contributed by atoms with Gasteiger partial charge in [0.15, 0.2) is 0 Å². The number of nitrogens with zero attached hydrogens (tertiary/aromatic N) is 3. The summed E-state index contributed by atoms with van der Waals surface area (Å²) >= 11 is 0. The molecule has 0 fully saturated rings. The summed E-state index contributed by atoms with van der Waals surface area (Å²) in [5.74, 6) is 1.25. The Morgan fingerprint density at radius 1 is 1.07 bits per heavy atom. The summed E-state index contributed by atoms with van der Waals surface area (Å²) in [6.45, 7) is 5.94. The van der Waals surface area contributed by atoms with E-state index >= 15 is 0 Å². The van der Waals surface area contributed by atoms with Gasteiger partial charge in [-0.2, -0.15) is 4.52 Å². The number of carbonyl (C=O) groups is 1. The van der Waals surface area contributed by atoms with E-state index < -0.39 is 0 Å². The largest absolute Gasteiger partial charge is 0.417 e. The predicted octanol–water partition coefficient (Wildman–Crippen LogP) is 4.10. The summed E-state index contributed by atoms with van der Waals surface area (Å²) in [4.78, 5) is 16.5. The first-order valence-electron chi connectivity index (χ1n) is 8.76. The average molecular weight is 360 g/mol. The molecule has 1 amide bonds. The predicted molar refractivity (Wildman–Crippen MR) is 104 cm³/mol. The SMILES string of the molecule is Cc1cc(C)cc(CC(=O)Nc2ccc(-c3nn4c(C)ncc4o3)cc2)c1. The first-order valence-corrected chi connectivity index (χ1v) is 8.76. The third kappa shape index (κ3) is 3.60. The Bertz CT molecular complexity index is 1100. The first-order chi connectivity index (χ1) is 13.0. The van der Waals surface area contributed by atoms with E-state index in [1.807, 2.05) is 57.2 Å². The van der Waals surface area contributed by atoms with E-state index in [1.165, 1.54) is 0 Å². The van der Waals surface area contributed by atoms with Crippen LogP contribution in [0, 0.1) is 20.8 Å². The number of anilines is 1. The Balaban J connectivity index is 1.46. The molecule has 0 spiro atoms. The van der Waals surface area contributed by atoms with Gasteiger partial charge in [0.2, 0.25) is 17.5 Å². The van der Waals surface area contributed by atoms with Crippen LogP contribution in [0.15, 0.2) is 53.1 Å². The van der Waals surface area contributed by atoms with Crippen LogP contribution in [0.3, 0.4) is 0 Å². The maximum absolute atomic E-state index is 12.3. The second kappa shape index (κ2) is 6.72. The van der Waals surface area contributed by atoms with Gasteiger partial charge in [0.05, 0.1) is 12.6 Å². The summed E-state index contributed by atoms with van der Waals surface area (Å²) in [6, 6.07) is 13.6. The summed E-state index contributed by atoms with van der Waals surface area (Å²) in [5.41, 5.74) is 5.52. The molecule has 0 atom stereocenters. The van der Waals surface area contributed by atoms with Crippen LogP contribution in [0.5, 0.6) is 0 Å². The summed E-state index contributed by atoms with van der Waals surface area (Å²) in [6.07, 6.45) is 2.00. The van der Waals surface area contributed by atoms with Crippen molar-refractivity contribution in [1.82, 2.24) is 14.6 Å². The lowest BCUT2D eigenvalue weighted by molar-refractivity contribution is -0.115. The minimum Gasteiger partial charge on any atom is -0.417 e. The van der Waals surface area contributed by atoms with Gasteiger partial charge in [-0.05, 0) is 50.6 Å². The molecule has 0 saturated heterocycles. The third-order valence-electron chi connectivity index (χ3n) is 4.33. The van der Waals surface area contributed by atoms with Crippen molar-refractivity contribution in [3.8, 4) is 11.5 Å². The summed E-state index contributed by atoms with van der Waals surface area (Å²) in [5, 5.41) is 7.34. The van der Waals surface area contributed by atoms with Gasteiger partial charge in [0.25, 0.3) is 0 Å². The molecular formula is C21H20N4O2. The fourth-order valence-corrected chi connectivity index (χ4v) is 3.19. The van der Waals surface area contributed by atoms with Crippen LogP contribution in [0.2, 0.25) is 0 Å². The van der Waals surface area contributed by atoms with E-state index in [4.69, 9.17) is 4.42 Å². The molecule has 4 aromatic rings. The van der Waals surface area contributed by atoms with Crippen LogP contribution in [0.4, 0.5) is 5.69 Å². The smallest absolute Gasteiger partial charge is 0.246 e. The molecular weight excluding hydrogens is 340 g/mol. The van der Waals surface area contributed by atoms with E-state index in [-0.39, 0.29) is 5.91 Å². The van der Waals surface area contributed by atoms with E-state index in [0.717, 1.165) is 33.8 Å². The zero-order chi connectivity index (χ0) is 19.0. The van der Waals surface area contributed by atoms with Crippen molar-refractivity contribution in [2.45, 2.75) is 27.2 Å². The zero-order valence-corrected chi connectivity index (χ0v) is 15.5. The van der Waals surface area contributed by atoms with Crippen molar-refractivity contribution in [3.05, 3.63) is 71.2 Å². The Hall–Kier alpha value is -3.41. The second-order valence-corrected chi connectivity index (χ2v) is 6.76. The van der Waals surface area contributed by atoms with Crippen molar-refractivity contribution in [2.24, 2.45) is 0 Å². The van der Waals surface area contributed by atoms with E-state index in [0.29, 0.717) is 18.0 Å². The number of nitrogens with one attached hydrogen (secondary N) is 1. The highest BCUT2D eigenvalue weighted by Gasteiger charge is 2.11. The van der Waals surface area contributed by atoms with Gasteiger partial charge in [0, 0.05) is 11.3 Å². The average Bonchev–Trinajstić information content (AvgIpc) is 3.17. The maximum atomic E-state index is 12.3. The minimum absolute atomic E-state index is 0.0418. The van der Waals surface area contributed by atoms with Gasteiger partial charge in [-0.25, -0.2) is 4.98 Å². The van der Waals surface area contributed by atoms with Gasteiger partial charge in [0.1, 0.15) is 5.82 Å². The molecule has 4 rings (SSSR count). The van der Waals surface area contributed by atoms with Gasteiger partial charge in [-0.3, -0.25) is 4.79 Å². The molecule has 2 aromatic carbocycles. The standard InChI is InChI=1S/C21H20N4O2/c1-13-8-14(2)10-16(9-13)11-19(26)23-18-6-4-17(5-7-18)21-24-25-15(3)22-12-20(25)27-21/h4-10,12H,11H2,1-3H3,(H,23,26). The molecule has 2 heterocycles. The van der Waals surface area contributed by atoms with E-state index in [9.17, 15) is 4.79 Å². The quantitative estimate of drug-likeness (QED) is 0.595. The van der Waals surface area contributed by atoms with Gasteiger partial charge in [-0.15, -0.1) is 5.10 Å². The molecule has 2 aromatic heterocycles. The first kappa shape index (κ1) is 17.0. The molecule has 6 nitrogen and oxygen atoms in total. The number of imidazole rings is 1. The number of hydrogen-bond acceptors (Lipinski definition) is 4. The molecule has 6 heteroatoms. The molecule has 1 N–H and O–H groups in total. The van der Waals surface area contributed by atoms with Crippen molar-refractivity contribution < 1.29 is 9.21 Å². The van der Waals surface area contributed by atoms with Crippen LogP contribution in [0.1, 0.15) is 22.5 Å². The summed E-state index contributed by atoms with van der Waals surface area (Å²) in [7, 11) is 0. The van der Waals surface area contributed by atoms with Gasteiger partial charge in [-0.1, -0.05) is 29.3 Å². The number of aryl methyl sites for hydroxylation is 3. The Morgan fingerprint density at radius 2 is 1.78 bits per heavy atom. The summed E-state index contributed by atoms with van der Waals surface area (Å²) < 4.78 is 7.36. The minimum atomic E-state index is -0.0418. The lowest BCUT2D eigenvalue weighted by atomic mass is 10.0. The number of rotatable bonds is 4. The molecule has 0 bridgehead atoms. The molecule has 136 valence electrons. The number of amides is 1. The lowest BCUT2D eigenvalue weighted by Gasteiger charge is -2.07. The number of fused-ring (bicyclic) bond motifs is 1. The molecule has 0 unspecified atom stereocenters. The third-order valence-corrected chi connectivity index (χ3v) is 4.33. The number of benzene rings is 2. The van der Waals surface area contributed by atoms with Crippen LogP contribution < -0.4 is 5.32 Å². The van der Waals surface area contributed by atoms with Crippen LogP contribution >= 0.6 is 0 Å². The fraction of sp³-hybridized carbons (Fsp3) is 0.190. The lowest BCUT2D eigenvalue weighted by Crippen LogP contribution is -2.14. The number of hydrogen-bond donors (Lipinski definition) is 1. The number of aromatic nitrogens is 3. The van der Waals surface area contributed by atoms with E-state index in [1.54, 1.807) is 10.7 Å². The van der Waals surface area contributed by atoms with Crippen LogP contribution in [-0.4, -0.2) is 20.5 Å². The molecule has 0 aliphatic rings. The highest BCUT2D eigenvalue weighted by Crippen LogP contribution is 2.22. The van der Waals surface area contributed by atoms with Crippen molar-refractivity contribution >= 4 is 17.3 Å². The molecule has 0 aliphatic carbocycles. The Morgan fingerprint density at radius 3 is 2.44 bits per heavy atom. The Labute approximate surface area is 156 Å².